The lowest BCUT2D eigenvalue weighted by Crippen LogP contribution is -2.47. The van der Waals surface area contributed by atoms with Gasteiger partial charge in [-0.2, -0.15) is 13.2 Å². The predicted octanol–water partition coefficient (Wildman–Crippen LogP) is 0.460. The fourth-order valence-corrected chi connectivity index (χ4v) is 1.15. The Labute approximate surface area is 96.6 Å². The van der Waals surface area contributed by atoms with E-state index in [0.717, 1.165) is 6.92 Å². The van der Waals surface area contributed by atoms with Crippen LogP contribution >= 0.6 is 0 Å². The molecule has 1 atom stereocenters. The second-order valence-corrected chi connectivity index (χ2v) is 3.72. The normalized spacial score (nSPS) is 13.5. The van der Waals surface area contributed by atoms with Crippen molar-refractivity contribution in [3.8, 4) is 0 Å². The van der Waals surface area contributed by atoms with Crippen molar-refractivity contribution in [2.45, 2.75) is 25.6 Å². The molecule has 0 aromatic heterocycles. The molecule has 1 amide bonds. The van der Waals surface area contributed by atoms with Crippen LogP contribution in [0.2, 0.25) is 0 Å². The van der Waals surface area contributed by atoms with Crippen LogP contribution in [0.3, 0.4) is 0 Å². The molecule has 1 unspecified atom stereocenters. The number of aliphatic carboxylic acids is 1. The average Bonchev–Trinajstić information content (AvgIpc) is 2.11. The molecule has 0 fully saturated rings. The number of alkyl halides is 3. The van der Waals surface area contributed by atoms with E-state index in [9.17, 15) is 22.8 Å². The molecule has 5 nitrogen and oxygen atoms in total. The van der Waals surface area contributed by atoms with Crippen molar-refractivity contribution >= 4 is 11.9 Å². The molecule has 0 spiro atoms. The van der Waals surface area contributed by atoms with Gasteiger partial charge >= 0.3 is 12.1 Å². The minimum atomic E-state index is -4.28. The standard InChI is InChI=1S/C9H15F3N2O3/c1-6(15)13-7(8(16)17)5-14(2)4-3-9(10,11)12/h7H,3-5H2,1-2H3,(H,13,15)(H,16,17). The number of hydrogen-bond acceptors (Lipinski definition) is 3. The molecule has 0 heterocycles. The number of likely N-dealkylation sites (N-methyl/N-ethyl adjacent to an activating group) is 1. The van der Waals surface area contributed by atoms with Crippen molar-refractivity contribution < 1.29 is 27.9 Å². The molecule has 0 rings (SSSR count). The number of carbonyl (C=O) groups is 2. The number of rotatable bonds is 6. The van der Waals surface area contributed by atoms with Crippen LogP contribution in [0, 0.1) is 0 Å². The van der Waals surface area contributed by atoms with Gasteiger partial charge in [0.1, 0.15) is 6.04 Å². The van der Waals surface area contributed by atoms with Gasteiger partial charge in [0, 0.05) is 20.0 Å². The monoisotopic (exact) mass is 256 g/mol. The summed E-state index contributed by atoms with van der Waals surface area (Å²) >= 11 is 0. The number of amides is 1. The van der Waals surface area contributed by atoms with Crippen molar-refractivity contribution in [3.05, 3.63) is 0 Å². The Hall–Kier alpha value is -1.31. The summed E-state index contributed by atoms with van der Waals surface area (Å²) in [4.78, 5) is 22.6. The molecule has 0 radical (unpaired) electrons. The first-order valence-electron chi connectivity index (χ1n) is 4.87. The number of carbonyl (C=O) groups excluding carboxylic acids is 1. The molecule has 8 heteroatoms. The lowest BCUT2D eigenvalue weighted by atomic mass is 10.2. The van der Waals surface area contributed by atoms with Gasteiger partial charge in [-0.05, 0) is 7.05 Å². The summed E-state index contributed by atoms with van der Waals surface area (Å²) in [5, 5.41) is 10.9. The maximum absolute atomic E-state index is 11.9. The quantitative estimate of drug-likeness (QED) is 0.724. The third-order valence-electron chi connectivity index (χ3n) is 1.95. The Bertz CT molecular complexity index is 281. The van der Waals surface area contributed by atoms with Gasteiger partial charge in [-0.1, -0.05) is 0 Å². The summed E-state index contributed by atoms with van der Waals surface area (Å²) in [6, 6.07) is -1.20. The Balaban J connectivity index is 4.17. The van der Waals surface area contributed by atoms with E-state index in [1.807, 2.05) is 0 Å². The van der Waals surface area contributed by atoms with Crippen LogP contribution in [-0.2, 0) is 9.59 Å². The van der Waals surface area contributed by atoms with E-state index in [2.05, 4.69) is 5.32 Å². The van der Waals surface area contributed by atoms with E-state index in [1.165, 1.54) is 11.9 Å². The number of carboxylic acid groups (broad SMARTS) is 1. The highest BCUT2D eigenvalue weighted by Gasteiger charge is 2.28. The summed E-state index contributed by atoms with van der Waals surface area (Å²) in [5.41, 5.74) is 0. The number of nitrogens with zero attached hydrogens (tertiary/aromatic N) is 1. The zero-order valence-corrected chi connectivity index (χ0v) is 9.54. The van der Waals surface area contributed by atoms with Gasteiger partial charge in [0.05, 0.1) is 6.42 Å². The molecule has 0 aromatic rings. The average molecular weight is 256 g/mol. The van der Waals surface area contributed by atoms with E-state index in [-0.39, 0.29) is 13.1 Å². The van der Waals surface area contributed by atoms with E-state index in [4.69, 9.17) is 5.11 Å². The molecular formula is C9H15F3N2O3. The maximum atomic E-state index is 11.9. The zero-order chi connectivity index (χ0) is 13.6. The molecular weight excluding hydrogens is 241 g/mol. The van der Waals surface area contributed by atoms with Crippen molar-refractivity contribution in [2.75, 3.05) is 20.1 Å². The minimum Gasteiger partial charge on any atom is -0.480 e. The topological polar surface area (TPSA) is 69.6 Å². The van der Waals surface area contributed by atoms with Gasteiger partial charge < -0.3 is 15.3 Å². The van der Waals surface area contributed by atoms with Gasteiger partial charge in [0.15, 0.2) is 0 Å². The van der Waals surface area contributed by atoms with Gasteiger partial charge in [-0.25, -0.2) is 4.79 Å². The third kappa shape index (κ3) is 8.49. The molecule has 100 valence electrons. The highest BCUT2D eigenvalue weighted by atomic mass is 19.4. The highest BCUT2D eigenvalue weighted by molar-refractivity contribution is 5.82. The fourth-order valence-electron chi connectivity index (χ4n) is 1.15. The van der Waals surface area contributed by atoms with Crippen LogP contribution in [-0.4, -0.2) is 54.2 Å². The number of nitrogens with one attached hydrogen (secondary N) is 1. The van der Waals surface area contributed by atoms with Crippen LogP contribution in [0.25, 0.3) is 0 Å². The van der Waals surface area contributed by atoms with Crippen molar-refractivity contribution in [3.63, 3.8) is 0 Å². The van der Waals surface area contributed by atoms with Crippen LogP contribution < -0.4 is 5.32 Å². The van der Waals surface area contributed by atoms with Gasteiger partial charge in [-0.3, -0.25) is 4.79 Å². The maximum Gasteiger partial charge on any atom is 0.390 e. The first-order chi connectivity index (χ1) is 7.61. The van der Waals surface area contributed by atoms with Crippen molar-refractivity contribution in [1.29, 1.82) is 0 Å². The van der Waals surface area contributed by atoms with E-state index in [1.54, 1.807) is 0 Å². The van der Waals surface area contributed by atoms with Crippen molar-refractivity contribution in [2.24, 2.45) is 0 Å². The summed E-state index contributed by atoms with van der Waals surface area (Å²) in [7, 11) is 1.36. The van der Waals surface area contributed by atoms with Crippen LogP contribution in [0.4, 0.5) is 13.2 Å². The lowest BCUT2D eigenvalue weighted by molar-refractivity contribution is -0.143. The summed E-state index contributed by atoms with van der Waals surface area (Å²) in [6.07, 6.45) is -5.29. The number of carboxylic acids is 1. The predicted molar refractivity (Wildman–Crippen MR) is 53.4 cm³/mol. The van der Waals surface area contributed by atoms with Crippen molar-refractivity contribution in [1.82, 2.24) is 10.2 Å². The second kappa shape index (κ2) is 6.43. The van der Waals surface area contributed by atoms with Gasteiger partial charge in [-0.15, -0.1) is 0 Å². The zero-order valence-electron chi connectivity index (χ0n) is 9.54. The highest BCUT2D eigenvalue weighted by Crippen LogP contribution is 2.19. The Morgan fingerprint density at radius 1 is 1.41 bits per heavy atom. The lowest BCUT2D eigenvalue weighted by Gasteiger charge is -2.22. The summed E-state index contributed by atoms with van der Waals surface area (Å²) in [5.74, 6) is -1.82. The molecule has 17 heavy (non-hydrogen) atoms. The van der Waals surface area contributed by atoms with Crippen LogP contribution in [0.15, 0.2) is 0 Å². The molecule has 0 aliphatic heterocycles. The molecule has 0 saturated heterocycles. The Morgan fingerprint density at radius 3 is 2.29 bits per heavy atom. The van der Waals surface area contributed by atoms with Crippen LogP contribution in [0.1, 0.15) is 13.3 Å². The number of hydrogen-bond donors (Lipinski definition) is 2. The smallest absolute Gasteiger partial charge is 0.390 e. The second-order valence-electron chi connectivity index (χ2n) is 3.72. The summed E-state index contributed by atoms with van der Waals surface area (Å²) < 4.78 is 35.7. The van der Waals surface area contributed by atoms with E-state index in [0.29, 0.717) is 0 Å². The Morgan fingerprint density at radius 2 is 1.94 bits per heavy atom. The third-order valence-corrected chi connectivity index (χ3v) is 1.95. The molecule has 0 aliphatic carbocycles. The Kier molecular flexibility index (Phi) is 5.94. The molecule has 0 aliphatic rings. The summed E-state index contributed by atoms with van der Waals surface area (Å²) in [6.45, 7) is 0.656. The fraction of sp³-hybridized carbons (Fsp3) is 0.778. The van der Waals surface area contributed by atoms with Crippen LogP contribution in [0.5, 0.6) is 0 Å². The minimum absolute atomic E-state index is 0.176. The first-order valence-corrected chi connectivity index (χ1v) is 4.87. The van der Waals surface area contributed by atoms with Gasteiger partial charge in [0.2, 0.25) is 5.91 Å². The molecule has 0 aromatic carbocycles. The molecule has 0 saturated carbocycles. The molecule has 2 N–H and O–H groups in total. The largest absolute Gasteiger partial charge is 0.480 e. The van der Waals surface area contributed by atoms with E-state index < -0.39 is 30.5 Å². The molecule has 0 bridgehead atoms. The van der Waals surface area contributed by atoms with Gasteiger partial charge in [0.25, 0.3) is 0 Å². The number of halogens is 3. The first kappa shape index (κ1) is 15.7. The van der Waals surface area contributed by atoms with E-state index >= 15 is 0 Å². The SMILES string of the molecule is CC(=O)NC(CN(C)CCC(F)(F)F)C(=O)O.